The summed E-state index contributed by atoms with van der Waals surface area (Å²) in [6.07, 6.45) is -4.82. The number of ether oxygens (including phenoxy) is 3. The van der Waals surface area contributed by atoms with Crippen LogP contribution in [0.4, 0.5) is 18.9 Å². The summed E-state index contributed by atoms with van der Waals surface area (Å²) in [4.78, 5) is 26.6. The van der Waals surface area contributed by atoms with E-state index in [4.69, 9.17) is 9.47 Å². The number of thioether (sulfide) groups is 1. The van der Waals surface area contributed by atoms with Gasteiger partial charge >= 0.3 is 12.3 Å². The van der Waals surface area contributed by atoms with E-state index in [1.165, 1.54) is 23.9 Å². The van der Waals surface area contributed by atoms with Crippen LogP contribution in [-0.2, 0) is 25.6 Å². The van der Waals surface area contributed by atoms with Crippen molar-refractivity contribution in [3.8, 4) is 5.75 Å². The van der Waals surface area contributed by atoms with E-state index in [1.54, 1.807) is 21.0 Å². The molecular weight excluding hydrogens is 527 g/mol. The van der Waals surface area contributed by atoms with Crippen LogP contribution in [-0.4, -0.2) is 72.3 Å². The van der Waals surface area contributed by atoms with Gasteiger partial charge in [0.05, 0.1) is 18.8 Å². The number of benzene rings is 2. The summed E-state index contributed by atoms with van der Waals surface area (Å²) in [5.74, 6) is -1.53. The first kappa shape index (κ1) is 29.3. The van der Waals surface area contributed by atoms with Crippen molar-refractivity contribution < 1.29 is 42.1 Å². The first-order valence-corrected chi connectivity index (χ1v) is 12.3. The van der Waals surface area contributed by atoms with E-state index >= 15 is 0 Å². The zero-order valence-electron chi connectivity index (χ0n) is 21.0. The van der Waals surface area contributed by atoms with Crippen molar-refractivity contribution in [3.63, 3.8) is 0 Å². The molecule has 9 nitrogen and oxygen atoms in total. The standard InChI is InChI=1S/C25H28F3N3O6S/c1-24(2,23(33)34)38-20-10-4-17(5-11-20)14-30(12-13-35-3)15-21-29-31(22(32)16-36-21)18-6-8-19(9-7-18)37-25(26,27)28/h4-11H,12-16H2,1-3H3,(H,33,34). The molecule has 0 bridgehead atoms. The maximum Gasteiger partial charge on any atom is 0.573 e. The lowest BCUT2D eigenvalue weighted by Gasteiger charge is -2.28. The van der Waals surface area contributed by atoms with Crippen LogP contribution < -0.4 is 9.75 Å². The van der Waals surface area contributed by atoms with Crippen molar-refractivity contribution in [1.29, 1.82) is 0 Å². The third-order valence-electron chi connectivity index (χ3n) is 5.31. The molecule has 0 unspecified atom stereocenters. The van der Waals surface area contributed by atoms with E-state index in [2.05, 4.69) is 9.84 Å². The van der Waals surface area contributed by atoms with Crippen molar-refractivity contribution in [2.75, 3.05) is 38.4 Å². The number of carboxylic acids is 1. The van der Waals surface area contributed by atoms with Crippen LogP contribution >= 0.6 is 11.8 Å². The summed E-state index contributed by atoms with van der Waals surface area (Å²) in [7, 11) is 1.58. The third kappa shape index (κ3) is 8.64. The van der Waals surface area contributed by atoms with E-state index in [1.807, 2.05) is 29.2 Å². The highest BCUT2D eigenvalue weighted by Gasteiger charge is 2.31. The fourth-order valence-corrected chi connectivity index (χ4v) is 4.30. The number of hydrogen-bond acceptors (Lipinski definition) is 8. The van der Waals surface area contributed by atoms with Gasteiger partial charge < -0.3 is 19.3 Å². The number of rotatable bonds is 12. The Morgan fingerprint density at radius 2 is 1.79 bits per heavy atom. The molecule has 1 N–H and O–H groups in total. The highest BCUT2D eigenvalue weighted by molar-refractivity contribution is 8.01. The Labute approximate surface area is 222 Å². The number of aliphatic carboxylic acids is 1. The van der Waals surface area contributed by atoms with Crippen LogP contribution in [0.15, 0.2) is 58.5 Å². The van der Waals surface area contributed by atoms with Crippen molar-refractivity contribution in [3.05, 3.63) is 54.1 Å². The number of anilines is 1. The second kappa shape index (κ2) is 12.5. The molecule has 3 rings (SSSR count). The number of carbonyl (C=O) groups excluding carboxylic acids is 1. The Kier molecular flexibility index (Phi) is 9.63. The fraction of sp³-hybridized carbons (Fsp3) is 0.400. The van der Waals surface area contributed by atoms with Crippen molar-refractivity contribution >= 4 is 35.2 Å². The maximum absolute atomic E-state index is 12.4. The quantitative estimate of drug-likeness (QED) is 0.386. The minimum atomic E-state index is -4.82. The topological polar surface area (TPSA) is 101 Å². The summed E-state index contributed by atoms with van der Waals surface area (Å²) in [6, 6.07) is 12.4. The molecule has 0 saturated heterocycles. The van der Waals surface area contributed by atoms with Crippen molar-refractivity contribution in [2.45, 2.75) is 36.4 Å². The number of methoxy groups -OCH3 is 1. The van der Waals surface area contributed by atoms with Crippen LogP contribution in [0.2, 0.25) is 0 Å². The number of carboxylic acid groups (broad SMARTS) is 1. The van der Waals surface area contributed by atoms with Gasteiger partial charge in [-0.15, -0.1) is 30.0 Å². The van der Waals surface area contributed by atoms with Gasteiger partial charge in [0, 0.05) is 25.1 Å². The molecular formula is C25H28F3N3O6S. The van der Waals surface area contributed by atoms with Crippen LogP contribution in [0.5, 0.6) is 5.75 Å². The average molecular weight is 556 g/mol. The largest absolute Gasteiger partial charge is 0.573 e. The van der Waals surface area contributed by atoms with Gasteiger partial charge in [0.2, 0.25) is 5.90 Å². The fourth-order valence-electron chi connectivity index (χ4n) is 3.36. The van der Waals surface area contributed by atoms with Crippen LogP contribution in [0.1, 0.15) is 19.4 Å². The second-order valence-electron chi connectivity index (χ2n) is 8.79. The molecule has 2 aromatic rings. The number of amides is 1. The second-order valence-corrected chi connectivity index (χ2v) is 10.5. The number of halogens is 3. The molecule has 1 aliphatic heterocycles. The summed E-state index contributed by atoms with van der Waals surface area (Å²) >= 11 is 1.25. The summed E-state index contributed by atoms with van der Waals surface area (Å²) in [5, 5.41) is 14.7. The molecule has 0 fully saturated rings. The Morgan fingerprint density at radius 3 is 2.37 bits per heavy atom. The summed E-state index contributed by atoms with van der Waals surface area (Å²) < 4.78 is 50.9. The van der Waals surface area contributed by atoms with Gasteiger partial charge in [-0.25, -0.2) is 0 Å². The summed E-state index contributed by atoms with van der Waals surface area (Å²) in [6.45, 7) is 4.70. The van der Waals surface area contributed by atoms with Crippen LogP contribution in [0.25, 0.3) is 0 Å². The maximum atomic E-state index is 12.4. The highest BCUT2D eigenvalue weighted by atomic mass is 32.2. The number of alkyl halides is 3. The Morgan fingerprint density at radius 1 is 1.13 bits per heavy atom. The van der Waals surface area contributed by atoms with E-state index in [9.17, 15) is 27.9 Å². The lowest BCUT2D eigenvalue weighted by atomic mass is 10.2. The molecule has 0 saturated carbocycles. The molecule has 1 aliphatic rings. The Balaban J connectivity index is 1.70. The van der Waals surface area contributed by atoms with Crippen molar-refractivity contribution in [2.24, 2.45) is 5.10 Å². The SMILES string of the molecule is COCCN(CC1=NN(c2ccc(OC(F)(F)F)cc2)C(=O)CO1)Cc1ccc(SC(C)(C)C(=O)O)cc1. The average Bonchev–Trinajstić information content (AvgIpc) is 2.84. The van der Waals surface area contributed by atoms with Crippen molar-refractivity contribution in [1.82, 2.24) is 4.90 Å². The molecule has 1 heterocycles. The van der Waals surface area contributed by atoms with Gasteiger partial charge in [0.25, 0.3) is 5.91 Å². The molecule has 2 aromatic carbocycles. The monoisotopic (exact) mass is 555 g/mol. The van der Waals surface area contributed by atoms with Gasteiger partial charge in [0.1, 0.15) is 10.5 Å². The summed E-state index contributed by atoms with van der Waals surface area (Å²) in [5.41, 5.74) is 1.23. The molecule has 38 heavy (non-hydrogen) atoms. The predicted molar refractivity (Wildman–Crippen MR) is 135 cm³/mol. The Hall–Kier alpha value is -3.29. The van der Waals surface area contributed by atoms with E-state index in [0.717, 1.165) is 27.6 Å². The molecule has 1 amide bonds. The van der Waals surface area contributed by atoms with Gasteiger partial charge in [-0.05, 0) is 55.8 Å². The smallest absolute Gasteiger partial charge is 0.480 e. The zero-order valence-corrected chi connectivity index (χ0v) is 21.8. The minimum absolute atomic E-state index is 0.241. The normalized spacial score (nSPS) is 14.3. The molecule has 206 valence electrons. The Bertz CT molecular complexity index is 1140. The molecule has 13 heteroatoms. The zero-order chi connectivity index (χ0) is 27.9. The number of nitrogens with zero attached hydrogens (tertiary/aromatic N) is 3. The van der Waals surface area contributed by atoms with E-state index < -0.39 is 28.7 Å². The highest BCUT2D eigenvalue weighted by Crippen LogP contribution is 2.33. The first-order valence-electron chi connectivity index (χ1n) is 11.5. The van der Waals surface area contributed by atoms with E-state index in [-0.39, 0.29) is 24.7 Å². The molecule has 0 aromatic heterocycles. The molecule has 0 spiro atoms. The van der Waals surface area contributed by atoms with E-state index in [0.29, 0.717) is 19.7 Å². The van der Waals surface area contributed by atoms with Crippen LogP contribution in [0, 0.1) is 0 Å². The van der Waals surface area contributed by atoms with Gasteiger partial charge in [-0.1, -0.05) is 12.1 Å². The van der Waals surface area contributed by atoms with Crippen LogP contribution in [0.3, 0.4) is 0 Å². The predicted octanol–water partition coefficient (Wildman–Crippen LogP) is 4.37. The number of hydrogen-bond donors (Lipinski definition) is 1. The minimum Gasteiger partial charge on any atom is -0.480 e. The van der Waals surface area contributed by atoms with Gasteiger partial charge in [-0.3, -0.25) is 14.5 Å². The number of hydrazone groups is 1. The van der Waals surface area contributed by atoms with Gasteiger partial charge in [0.15, 0.2) is 6.61 Å². The molecule has 0 atom stereocenters. The molecule has 0 radical (unpaired) electrons. The lowest BCUT2D eigenvalue weighted by Crippen LogP contribution is -2.41. The number of carbonyl (C=O) groups is 2. The third-order valence-corrected chi connectivity index (χ3v) is 6.51. The first-order chi connectivity index (χ1) is 17.9. The lowest BCUT2D eigenvalue weighted by molar-refractivity contribution is -0.274. The van der Waals surface area contributed by atoms with Gasteiger partial charge in [-0.2, -0.15) is 5.01 Å². The molecule has 0 aliphatic carbocycles.